The topological polar surface area (TPSA) is 81.4 Å². The zero-order valence-corrected chi connectivity index (χ0v) is 11.3. The minimum absolute atomic E-state index is 0.0366. The number of rotatable bonds is 7. The number of hydrogen-bond acceptors (Lipinski definition) is 4. The number of hydrogen-bond donors (Lipinski definition) is 2. The summed E-state index contributed by atoms with van der Waals surface area (Å²) in [4.78, 5) is 22.9. The van der Waals surface area contributed by atoms with Crippen LogP contribution in [0.5, 0.6) is 5.75 Å². The Kier molecular flexibility index (Phi) is 6.02. The van der Waals surface area contributed by atoms with Crippen LogP contribution in [0.3, 0.4) is 0 Å². The smallest absolute Gasteiger partial charge is 0.260 e. The van der Waals surface area contributed by atoms with Gasteiger partial charge in [-0.25, -0.2) is 0 Å². The summed E-state index contributed by atoms with van der Waals surface area (Å²) < 4.78 is 5.50. The zero-order valence-electron chi connectivity index (χ0n) is 11.3. The van der Waals surface area contributed by atoms with Gasteiger partial charge in [0.15, 0.2) is 11.9 Å². The minimum atomic E-state index is -0.611. The van der Waals surface area contributed by atoms with Crippen LogP contribution >= 0.6 is 0 Å². The summed E-state index contributed by atoms with van der Waals surface area (Å²) in [6.07, 6.45) is 0.123. The van der Waals surface area contributed by atoms with E-state index >= 15 is 0 Å². The molecule has 3 N–H and O–H groups in total. The van der Waals surface area contributed by atoms with Crippen LogP contribution in [0, 0.1) is 0 Å². The molecular formula is C14H20N2O3. The summed E-state index contributed by atoms with van der Waals surface area (Å²) >= 11 is 0. The second kappa shape index (κ2) is 7.53. The Morgan fingerprint density at radius 1 is 1.42 bits per heavy atom. The average molecular weight is 264 g/mol. The van der Waals surface area contributed by atoms with Gasteiger partial charge in [0, 0.05) is 12.1 Å². The predicted molar refractivity (Wildman–Crippen MR) is 73.2 cm³/mol. The molecule has 0 aliphatic rings. The highest BCUT2D eigenvalue weighted by Gasteiger charge is 2.14. The van der Waals surface area contributed by atoms with Crippen molar-refractivity contribution in [3.05, 3.63) is 29.8 Å². The van der Waals surface area contributed by atoms with E-state index in [2.05, 4.69) is 5.32 Å². The summed E-state index contributed by atoms with van der Waals surface area (Å²) in [6.45, 7) is 4.23. The van der Waals surface area contributed by atoms with Gasteiger partial charge in [-0.1, -0.05) is 12.1 Å². The molecule has 5 heteroatoms. The molecule has 1 atom stereocenters. The number of nitrogens with two attached hydrogens (primary N) is 1. The number of nitrogens with one attached hydrogen (secondary N) is 1. The van der Waals surface area contributed by atoms with Crippen LogP contribution < -0.4 is 15.8 Å². The van der Waals surface area contributed by atoms with Crippen molar-refractivity contribution in [3.63, 3.8) is 0 Å². The molecule has 1 aromatic rings. The molecule has 0 aromatic heterocycles. The van der Waals surface area contributed by atoms with E-state index in [1.165, 1.54) is 6.92 Å². The van der Waals surface area contributed by atoms with Gasteiger partial charge in [-0.05, 0) is 38.9 Å². The summed E-state index contributed by atoms with van der Waals surface area (Å²) in [6, 6.07) is 6.79. The van der Waals surface area contributed by atoms with Gasteiger partial charge >= 0.3 is 0 Å². The molecule has 0 bridgehead atoms. The van der Waals surface area contributed by atoms with Gasteiger partial charge in [0.2, 0.25) is 0 Å². The van der Waals surface area contributed by atoms with Crippen LogP contribution in [0.4, 0.5) is 0 Å². The van der Waals surface area contributed by atoms with Crippen molar-refractivity contribution >= 4 is 11.7 Å². The molecule has 5 nitrogen and oxygen atoms in total. The first-order valence-corrected chi connectivity index (χ1v) is 6.30. The first kappa shape index (κ1) is 15.2. The van der Waals surface area contributed by atoms with Crippen molar-refractivity contribution in [2.24, 2.45) is 5.73 Å². The summed E-state index contributed by atoms with van der Waals surface area (Å²) in [5, 5.41) is 2.73. The Balaban J connectivity index is 2.56. The van der Waals surface area contributed by atoms with Gasteiger partial charge in [-0.2, -0.15) is 0 Å². The first-order chi connectivity index (χ1) is 9.04. The van der Waals surface area contributed by atoms with E-state index in [0.29, 0.717) is 24.4 Å². The zero-order chi connectivity index (χ0) is 14.3. The Bertz CT molecular complexity index is 446. The summed E-state index contributed by atoms with van der Waals surface area (Å²) in [7, 11) is 0. The summed E-state index contributed by atoms with van der Waals surface area (Å²) in [5.41, 5.74) is 5.91. The lowest BCUT2D eigenvalue weighted by Gasteiger charge is -2.15. The average Bonchev–Trinajstić information content (AvgIpc) is 2.39. The fourth-order valence-corrected chi connectivity index (χ4v) is 1.50. The Hall–Kier alpha value is -1.88. The minimum Gasteiger partial charge on any atom is -0.481 e. The van der Waals surface area contributed by atoms with E-state index in [9.17, 15) is 9.59 Å². The molecule has 0 saturated carbocycles. The predicted octanol–water partition coefficient (Wildman–Crippen LogP) is 1.12. The maximum atomic E-state index is 11.7. The molecule has 1 amide bonds. The Morgan fingerprint density at radius 2 is 2.16 bits per heavy atom. The quantitative estimate of drug-likeness (QED) is 0.571. The highest BCUT2D eigenvalue weighted by atomic mass is 16.5. The third kappa shape index (κ3) is 5.09. The number of ketones is 1. The molecule has 1 unspecified atom stereocenters. The Labute approximate surface area is 113 Å². The number of amides is 1. The SMILES string of the molecule is CC(=O)c1cccc(OC(C)C(=O)NCCCN)c1. The molecular weight excluding hydrogens is 244 g/mol. The van der Waals surface area contributed by atoms with E-state index in [0.717, 1.165) is 6.42 Å². The first-order valence-electron chi connectivity index (χ1n) is 6.30. The lowest BCUT2D eigenvalue weighted by atomic mass is 10.1. The maximum Gasteiger partial charge on any atom is 0.260 e. The third-order valence-corrected chi connectivity index (χ3v) is 2.60. The van der Waals surface area contributed by atoms with Gasteiger partial charge in [0.05, 0.1) is 0 Å². The van der Waals surface area contributed by atoms with Crippen LogP contribution in [-0.4, -0.2) is 30.9 Å². The van der Waals surface area contributed by atoms with Crippen LogP contribution in [0.25, 0.3) is 0 Å². The van der Waals surface area contributed by atoms with Crippen LogP contribution in [0.1, 0.15) is 30.6 Å². The van der Waals surface area contributed by atoms with Crippen molar-refractivity contribution in [2.45, 2.75) is 26.4 Å². The number of ether oxygens (including phenoxy) is 1. The monoisotopic (exact) mass is 264 g/mol. The highest BCUT2D eigenvalue weighted by Crippen LogP contribution is 2.15. The van der Waals surface area contributed by atoms with Gasteiger partial charge in [-0.15, -0.1) is 0 Å². The second-order valence-electron chi connectivity index (χ2n) is 4.28. The molecule has 1 rings (SSSR count). The normalized spacial score (nSPS) is 11.7. The molecule has 19 heavy (non-hydrogen) atoms. The van der Waals surface area contributed by atoms with E-state index in [4.69, 9.17) is 10.5 Å². The molecule has 1 aromatic carbocycles. The second-order valence-corrected chi connectivity index (χ2v) is 4.28. The molecule has 0 aliphatic carbocycles. The van der Waals surface area contributed by atoms with Crippen LogP contribution in [0.2, 0.25) is 0 Å². The van der Waals surface area contributed by atoms with E-state index in [1.807, 2.05) is 0 Å². The molecule has 0 radical (unpaired) electrons. The number of carbonyl (C=O) groups excluding carboxylic acids is 2. The maximum absolute atomic E-state index is 11.7. The van der Waals surface area contributed by atoms with Crippen molar-refractivity contribution in [2.75, 3.05) is 13.1 Å². The number of carbonyl (C=O) groups is 2. The number of Topliss-reactive ketones (excluding diaryl/α,β-unsaturated/α-hetero) is 1. The van der Waals surface area contributed by atoms with Crippen molar-refractivity contribution < 1.29 is 14.3 Å². The fraction of sp³-hybridized carbons (Fsp3) is 0.429. The Morgan fingerprint density at radius 3 is 2.79 bits per heavy atom. The van der Waals surface area contributed by atoms with Crippen LogP contribution in [0.15, 0.2) is 24.3 Å². The molecule has 0 saturated heterocycles. The van der Waals surface area contributed by atoms with E-state index in [-0.39, 0.29) is 11.7 Å². The standard InChI is InChI=1S/C14H20N2O3/c1-10(17)12-5-3-6-13(9-12)19-11(2)14(18)16-8-4-7-15/h3,5-6,9,11H,4,7-8,15H2,1-2H3,(H,16,18). The largest absolute Gasteiger partial charge is 0.481 e. The van der Waals surface area contributed by atoms with E-state index < -0.39 is 6.10 Å². The van der Waals surface area contributed by atoms with Gasteiger partial charge in [0.1, 0.15) is 5.75 Å². The summed E-state index contributed by atoms with van der Waals surface area (Å²) in [5.74, 6) is 0.279. The molecule has 0 aliphatic heterocycles. The molecule has 0 spiro atoms. The van der Waals surface area contributed by atoms with Crippen molar-refractivity contribution in [1.29, 1.82) is 0 Å². The lowest BCUT2D eigenvalue weighted by molar-refractivity contribution is -0.127. The van der Waals surface area contributed by atoms with Crippen molar-refractivity contribution in [1.82, 2.24) is 5.32 Å². The highest BCUT2D eigenvalue weighted by molar-refractivity contribution is 5.94. The fourth-order valence-electron chi connectivity index (χ4n) is 1.50. The van der Waals surface area contributed by atoms with Gasteiger partial charge < -0.3 is 15.8 Å². The van der Waals surface area contributed by atoms with E-state index in [1.54, 1.807) is 31.2 Å². The van der Waals surface area contributed by atoms with Gasteiger partial charge in [0.25, 0.3) is 5.91 Å². The lowest BCUT2D eigenvalue weighted by Crippen LogP contribution is -2.37. The third-order valence-electron chi connectivity index (χ3n) is 2.60. The molecule has 0 heterocycles. The van der Waals surface area contributed by atoms with Crippen molar-refractivity contribution in [3.8, 4) is 5.75 Å². The van der Waals surface area contributed by atoms with Crippen LogP contribution in [-0.2, 0) is 4.79 Å². The molecule has 104 valence electrons. The molecule has 0 fully saturated rings. The van der Waals surface area contributed by atoms with Gasteiger partial charge in [-0.3, -0.25) is 9.59 Å². The number of benzene rings is 1.